The zero-order valence-corrected chi connectivity index (χ0v) is 8.49. The first kappa shape index (κ1) is 9.61. The van der Waals surface area contributed by atoms with Crippen molar-refractivity contribution in [2.45, 2.75) is 25.8 Å². The molecule has 0 aliphatic carbocycles. The molecule has 2 rings (SSSR count). The van der Waals surface area contributed by atoms with Crippen LogP contribution in [0.15, 0.2) is 4.52 Å². The van der Waals surface area contributed by atoms with E-state index in [-0.39, 0.29) is 6.04 Å². The van der Waals surface area contributed by atoms with Crippen LogP contribution in [0.1, 0.15) is 37.5 Å². The molecule has 0 spiro atoms. The van der Waals surface area contributed by atoms with Crippen LogP contribution in [0, 0.1) is 0 Å². The van der Waals surface area contributed by atoms with Gasteiger partial charge in [-0.15, -0.1) is 0 Å². The molecule has 1 atom stereocenters. The van der Waals surface area contributed by atoms with Crippen molar-refractivity contribution in [1.29, 1.82) is 0 Å². The van der Waals surface area contributed by atoms with Crippen molar-refractivity contribution in [1.82, 2.24) is 15.5 Å². The molecule has 2 heterocycles. The largest absolute Gasteiger partial charge is 0.378 e. The fourth-order valence-electron chi connectivity index (χ4n) is 1.35. The van der Waals surface area contributed by atoms with Gasteiger partial charge in [-0.25, -0.2) is 0 Å². The number of rotatable bonds is 2. The van der Waals surface area contributed by atoms with E-state index in [4.69, 9.17) is 9.26 Å². The second-order valence-corrected chi connectivity index (χ2v) is 3.73. The van der Waals surface area contributed by atoms with Crippen LogP contribution in [0.5, 0.6) is 0 Å². The maximum absolute atomic E-state index is 5.32. The second kappa shape index (κ2) is 4.06. The Hall–Kier alpha value is -0.940. The van der Waals surface area contributed by atoms with E-state index in [1.807, 2.05) is 13.8 Å². The molecular formula is C9H15N3O2. The molecule has 5 nitrogen and oxygen atoms in total. The average Bonchev–Trinajstić information content (AvgIpc) is 2.68. The lowest BCUT2D eigenvalue weighted by atomic mass is 10.2. The van der Waals surface area contributed by atoms with Gasteiger partial charge in [0.15, 0.2) is 5.82 Å². The first-order valence-electron chi connectivity index (χ1n) is 4.92. The minimum Gasteiger partial charge on any atom is -0.378 e. The Bertz CT molecular complexity index is 292. The first-order chi connectivity index (χ1) is 6.77. The van der Waals surface area contributed by atoms with Crippen LogP contribution in [0.25, 0.3) is 0 Å². The van der Waals surface area contributed by atoms with E-state index in [2.05, 4.69) is 15.5 Å². The highest BCUT2D eigenvalue weighted by Crippen LogP contribution is 2.16. The zero-order valence-electron chi connectivity index (χ0n) is 8.49. The highest BCUT2D eigenvalue weighted by molar-refractivity contribution is 4.96. The minimum absolute atomic E-state index is 0.0590. The molecule has 1 saturated heterocycles. The molecule has 0 bridgehead atoms. The molecule has 0 saturated carbocycles. The van der Waals surface area contributed by atoms with Crippen LogP contribution in [0.2, 0.25) is 0 Å². The fraction of sp³-hybridized carbons (Fsp3) is 0.778. The summed E-state index contributed by atoms with van der Waals surface area (Å²) in [5.74, 6) is 1.69. The lowest BCUT2D eigenvalue weighted by Gasteiger charge is -2.20. The van der Waals surface area contributed by atoms with Gasteiger partial charge in [0.05, 0.1) is 13.2 Å². The summed E-state index contributed by atoms with van der Waals surface area (Å²) in [5.41, 5.74) is 0. The van der Waals surface area contributed by atoms with E-state index >= 15 is 0 Å². The van der Waals surface area contributed by atoms with Gasteiger partial charge in [0.25, 0.3) is 0 Å². The van der Waals surface area contributed by atoms with Crippen LogP contribution < -0.4 is 5.32 Å². The Balaban J connectivity index is 2.07. The van der Waals surface area contributed by atoms with E-state index in [1.165, 1.54) is 0 Å². The van der Waals surface area contributed by atoms with Crippen LogP contribution in [-0.4, -0.2) is 29.9 Å². The summed E-state index contributed by atoms with van der Waals surface area (Å²) in [6.45, 7) is 6.28. The molecule has 14 heavy (non-hydrogen) atoms. The Morgan fingerprint density at radius 3 is 2.93 bits per heavy atom. The molecular weight excluding hydrogens is 182 g/mol. The van der Waals surface area contributed by atoms with Crippen molar-refractivity contribution in [2.24, 2.45) is 0 Å². The molecule has 1 unspecified atom stereocenters. The van der Waals surface area contributed by atoms with Gasteiger partial charge in [0.2, 0.25) is 5.89 Å². The smallest absolute Gasteiger partial charge is 0.246 e. The molecule has 1 N–H and O–H groups in total. The monoisotopic (exact) mass is 197 g/mol. The summed E-state index contributed by atoms with van der Waals surface area (Å²) in [7, 11) is 0. The lowest BCUT2D eigenvalue weighted by molar-refractivity contribution is 0.0659. The molecule has 0 amide bonds. The van der Waals surface area contributed by atoms with Crippen molar-refractivity contribution in [3.05, 3.63) is 11.7 Å². The number of morpholine rings is 1. The highest BCUT2D eigenvalue weighted by atomic mass is 16.5. The molecule has 0 radical (unpaired) electrons. The summed E-state index contributed by atoms with van der Waals surface area (Å²) in [5, 5.41) is 7.18. The van der Waals surface area contributed by atoms with Crippen molar-refractivity contribution in [3.63, 3.8) is 0 Å². The number of hydrogen-bond acceptors (Lipinski definition) is 5. The summed E-state index contributed by atoms with van der Waals surface area (Å²) in [6, 6.07) is 0.0590. The molecule has 1 aromatic rings. The molecule has 5 heteroatoms. The topological polar surface area (TPSA) is 60.2 Å². The van der Waals surface area contributed by atoms with Gasteiger partial charge in [0, 0.05) is 12.5 Å². The van der Waals surface area contributed by atoms with Crippen molar-refractivity contribution >= 4 is 0 Å². The summed E-state index contributed by atoms with van der Waals surface area (Å²) in [6.07, 6.45) is 0. The number of nitrogens with zero attached hydrogens (tertiary/aromatic N) is 2. The predicted octanol–water partition coefficient (Wildman–Crippen LogP) is 0.854. The third-order valence-corrected chi connectivity index (χ3v) is 2.19. The maximum atomic E-state index is 5.32. The maximum Gasteiger partial charge on any atom is 0.246 e. The van der Waals surface area contributed by atoms with Gasteiger partial charge in [-0.2, -0.15) is 4.98 Å². The SMILES string of the molecule is CC(C)c1noc(C2COCCN2)n1. The van der Waals surface area contributed by atoms with Gasteiger partial charge in [0.1, 0.15) is 6.04 Å². The Morgan fingerprint density at radius 1 is 1.50 bits per heavy atom. The van der Waals surface area contributed by atoms with Gasteiger partial charge in [-0.1, -0.05) is 19.0 Å². The summed E-state index contributed by atoms with van der Waals surface area (Å²) < 4.78 is 10.5. The predicted molar refractivity (Wildman–Crippen MR) is 49.9 cm³/mol. The molecule has 1 fully saturated rings. The first-order valence-corrected chi connectivity index (χ1v) is 4.92. The Morgan fingerprint density at radius 2 is 2.36 bits per heavy atom. The van der Waals surface area contributed by atoms with Crippen molar-refractivity contribution < 1.29 is 9.26 Å². The number of nitrogens with one attached hydrogen (secondary N) is 1. The van der Waals surface area contributed by atoms with Gasteiger partial charge in [-0.3, -0.25) is 0 Å². The van der Waals surface area contributed by atoms with Crippen LogP contribution in [0.3, 0.4) is 0 Å². The van der Waals surface area contributed by atoms with E-state index in [9.17, 15) is 0 Å². The highest BCUT2D eigenvalue weighted by Gasteiger charge is 2.22. The molecule has 1 aliphatic heterocycles. The molecule has 1 aromatic heterocycles. The zero-order chi connectivity index (χ0) is 9.97. The van der Waals surface area contributed by atoms with Crippen LogP contribution >= 0.6 is 0 Å². The van der Waals surface area contributed by atoms with E-state index in [1.54, 1.807) is 0 Å². The summed E-state index contributed by atoms with van der Waals surface area (Å²) in [4.78, 5) is 4.31. The van der Waals surface area contributed by atoms with Crippen molar-refractivity contribution in [2.75, 3.05) is 19.8 Å². The van der Waals surface area contributed by atoms with Gasteiger partial charge in [-0.05, 0) is 0 Å². The second-order valence-electron chi connectivity index (χ2n) is 3.73. The fourth-order valence-corrected chi connectivity index (χ4v) is 1.35. The molecule has 78 valence electrons. The standard InChI is InChI=1S/C9H15N3O2/c1-6(2)8-11-9(14-12-8)7-5-13-4-3-10-7/h6-7,10H,3-5H2,1-2H3. The van der Waals surface area contributed by atoms with E-state index in [0.29, 0.717) is 18.4 Å². The average molecular weight is 197 g/mol. The Labute approximate surface area is 82.8 Å². The summed E-state index contributed by atoms with van der Waals surface area (Å²) >= 11 is 0. The van der Waals surface area contributed by atoms with Crippen LogP contribution in [0.4, 0.5) is 0 Å². The number of ether oxygens (including phenoxy) is 1. The van der Waals surface area contributed by atoms with Crippen LogP contribution in [-0.2, 0) is 4.74 Å². The number of aromatic nitrogens is 2. The van der Waals surface area contributed by atoms with Gasteiger partial charge >= 0.3 is 0 Å². The van der Waals surface area contributed by atoms with E-state index in [0.717, 1.165) is 19.0 Å². The normalized spacial score (nSPS) is 22.9. The van der Waals surface area contributed by atoms with Crippen molar-refractivity contribution in [3.8, 4) is 0 Å². The molecule has 1 aliphatic rings. The number of hydrogen-bond donors (Lipinski definition) is 1. The van der Waals surface area contributed by atoms with Gasteiger partial charge < -0.3 is 14.6 Å². The minimum atomic E-state index is 0.0590. The van der Waals surface area contributed by atoms with E-state index < -0.39 is 0 Å². The lowest BCUT2D eigenvalue weighted by Crippen LogP contribution is -2.34. The molecule has 0 aromatic carbocycles. The quantitative estimate of drug-likeness (QED) is 0.761. The third kappa shape index (κ3) is 1.93. The third-order valence-electron chi connectivity index (χ3n) is 2.19. The Kier molecular flexibility index (Phi) is 2.79.